The van der Waals surface area contributed by atoms with Crippen molar-refractivity contribution in [1.82, 2.24) is 25.3 Å². The first-order valence-corrected chi connectivity index (χ1v) is 21.2. The second kappa shape index (κ2) is 23.9. The first kappa shape index (κ1) is 50.6. The van der Waals surface area contributed by atoms with Gasteiger partial charge in [0, 0.05) is 46.8 Å². The number of ether oxygens (including phenoxy) is 2. The summed E-state index contributed by atoms with van der Waals surface area (Å²) < 4.78 is 11.9. The van der Waals surface area contributed by atoms with Gasteiger partial charge < -0.3 is 40.7 Å². The lowest BCUT2D eigenvalue weighted by molar-refractivity contribution is -0.148. The molecule has 1 saturated heterocycles. The molecule has 1 fully saturated rings. The minimum Gasteiger partial charge on any atom is -0.480 e. The van der Waals surface area contributed by atoms with E-state index in [4.69, 9.17) is 15.2 Å². The zero-order valence-electron chi connectivity index (χ0n) is 37.6. The number of rotatable bonds is 24. The summed E-state index contributed by atoms with van der Waals surface area (Å²) in [7, 11) is 6.64. The van der Waals surface area contributed by atoms with Crippen molar-refractivity contribution < 1.29 is 38.6 Å². The number of amides is 4. The Balaban J connectivity index is 2.29. The molecular formula is C44H76N6O8. The molecule has 1 aromatic carbocycles. The average Bonchev–Trinajstić information content (AvgIpc) is 3.65. The summed E-state index contributed by atoms with van der Waals surface area (Å²) in [4.78, 5) is 73.6. The highest BCUT2D eigenvalue weighted by Crippen LogP contribution is 2.30. The molecule has 5 N–H and O–H groups in total. The Hall–Kier alpha value is -3.59. The molecule has 4 amide bonds. The van der Waals surface area contributed by atoms with Gasteiger partial charge in [0.25, 0.3) is 0 Å². The van der Waals surface area contributed by atoms with Gasteiger partial charge in [0.15, 0.2) is 0 Å². The molecule has 0 aliphatic carbocycles. The summed E-state index contributed by atoms with van der Waals surface area (Å²) in [6.07, 6.45) is 0.739. The number of carboxylic acids is 1. The molecule has 1 aliphatic rings. The van der Waals surface area contributed by atoms with Crippen molar-refractivity contribution in [3.63, 3.8) is 0 Å². The van der Waals surface area contributed by atoms with Crippen LogP contribution in [0.5, 0.6) is 0 Å². The van der Waals surface area contributed by atoms with Crippen LogP contribution in [-0.2, 0) is 39.9 Å². The third-order valence-corrected chi connectivity index (χ3v) is 12.1. The maximum atomic E-state index is 14.4. The fraction of sp³-hybridized carbons (Fsp3) is 0.750. The van der Waals surface area contributed by atoms with Crippen molar-refractivity contribution in [1.29, 1.82) is 0 Å². The molecule has 14 nitrogen and oxygen atoms in total. The van der Waals surface area contributed by atoms with Gasteiger partial charge in [0.2, 0.25) is 23.6 Å². The summed E-state index contributed by atoms with van der Waals surface area (Å²) in [5, 5.41) is 15.7. The van der Waals surface area contributed by atoms with Gasteiger partial charge in [-0.3, -0.25) is 24.1 Å². The number of likely N-dealkylation sites (N-methyl/N-ethyl adjacent to an activating group) is 2. The lowest BCUT2D eigenvalue weighted by Crippen LogP contribution is -2.60. The van der Waals surface area contributed by atoms with E-state index in [0.29, 0.717) is 32.4 Å². The lowest BCUT2D eigenvalue weighted by atomic mass is 9.89. The fourth-order valence-corrected chi connectivity index (χ4v) is 8.30. The largest absolute Gasteiger partial charge is 0.480 e. The van der Waals surface area contributed by atoms with Crippen LogP contribution in [0.2, 0.25) is 0 Å². The van der Waals surface area contributed by atoms with E-state index in [2.05, 4.69) is 24.5 Å². The Bertz CT molecular complexity index is 1460. The van der Waals surface area contributed by atoms with Crippen LogP contribution in [0.15, 0.2) is 30.3 Å². The van der Waals surface area contributed by atoms with Gasteiger partial charge in [-0.25, -0.2) is 4.79 Å². The summed E-state index contributed by atoms with van der Waals surface area (Å²) >= 11 is 0. The molecular weight excluding hydrogens is 741 g/mol. The van der Waals surface area contributed by atoms with Gasteiger partial charge in [-0.1, -0.05) is 99.1 Å². The van der Waals surface area contributed by atoms with Gasteiger partial charge >= 0.3 is 5.97 Å². The van der Waals surface area contributed by atoms with Crippen molar-refractivity contribution in [2.75, 3.05) is 41.4 Å². The number of nitrogens with two attached hydrogens (primary N) is 1. The third-order valence-electron chi connectivity index (χ3n) is 12.1. The maximum absolute atomic E-state index is 14.4. The lowest BCUT2D eigenvalue weighted by Gasteiger charge is -2.41. The highest BCUT2D eigenvalue weighted by atomic mass is 16.5. The summed E-state index contributed by atoms with van der Waals surface area (Å²) in [5.41, 5.74) is 7.15. The van der Waals surface area contributed by atoms with Crippen LogP contribution in [0, 0.1) is 29.6 Å². The number of carbonyl (C=O) groups is 5. The quantitative estimate of drug-likeness (QED) is 0.120. The van der Waals surface area contributed by atoms with E-state index in [1.807, 2.05) is 83.8 Å². The molecule has 0 spiro atoms. The SMILES string of the molecule is CC[C@H](C)[C@@H]([C@@H](CC(=O)N1CCC[C@H]1[C@H](OC)[C@@H](C)C(=O)N[C@@H](Cc1ccccc1)C(=O)O)OC)N(C)C(=O)C(NC(=O)[C@H](C(C)C)N(C)CC(N)C(C)C)C(C)C. The molecule has 0 aromatic heterocycles. The van der Waals surface area contributed by atoms with Crippen molar-refractivity contribution in [2.24, 2.45) is 35.3 Å². The smallest absolute Gasteiger partial charge is 0.326 e. The first-order chi connectivity index (χ1) is 27.2. The molecule has 1 heterocycles. The highest BCUT2D eigenvalue weighted by Gasteiger charge is 2.43. The molecule has 0 saturated carbocycles. The Morgan fingerprint density at radius 2 is 1.52 bits per heavy atom. The van der Waals surface area contributed by atoms with Crippen LogP contribution >= 0.6 is 0 Å². The normalized spacial score (nSPS) is 19.3. The molecule has 0 bridgehead atoms. The van der Waals surface area contributed by atoms with Gasteiger partial charge in [-0.15, -0.1) is 0 Å². The predicted octanol–water partition coefficient (Wildman–Crippen LogP) is 3.80. The molecule has 58 heavy (non-hydrogen) atoms. The van der Waals surface area contributed by atoms with Crippen molar-refractivity contribution in [3.05, 3.63) is 35.9 Å². The van der Waals surface area contributed by atoms with E-state index < -0.39 is 60.2 Å². The van der Waals surface area contributed by atoms with Crippen LogP contribution in [-0.4, -0.2) is 139 Å². The van der Waals surface area contributed by atoms with Crippen LogP contribution < -0.4 is 16.4 Å². The van der Waals surface area contributed by atoms with Crippen molar-refractivity contribution in [2.45, 2.75) is 143 Å². The molecule has 14 heteroatoms. The van der Waals surface area contributed by atoms with Gasteiger partial charge in [-0.2, -0.15) is 0 Å². The number of nitrogens with zero attached hydrogens (tertiary/aromatic N) is 3. The molecule has 2 rings (SSSR count). The molecule has 2 unspecified atom stereocenters. The second-order valence-electron chi connectivity index (χ2n) is 17.4. The minimum atomic E-state index is -1.14. The number of nitrogens with one attached hydrogen (secondary N) is 2. The number of hydrogen-bond acceptors (Lipinski definition) is 9. The first-order valence-electron chi connectivity index (χ1n) is 21.2. The van der Waals surface area contributed by atoms with E-state index in [1.165, 1.54) is 7.11 Å². The number of carboxylic acid groups (broad SMARTS) is 1. The van der Waals surface area contributed by atoms with E-state index in [-0.39, 0.29) is 60.3 Å². The zero-order chi connectivity index (χ0) is 44.0. The van der Waals surface area contributed by atoms with Crippen molar-refractivity contribution in [3.8, 4) is 0 Å². The van der Waals surface area contributed by atoms with Crippen LogP contribution in [0.3, 0.4) is 0 Å². The van der Waals surface area contributed by atoms with Gasteiger partial charge in [0.05, 0.1) is 42.7 Å². The molecule has 0 radical (unpaired) electrons. The fourth-order valence-electron chi connectivity index (χ4n) is 8.30. The summed E-state index contributed by atoms with van der Waals surface area (Å²) in [5.74, 6) is -3.16. The number of carbonyl (C=O) groups excluding carboxylic acids is 4. The van der Waals surface area contributed by atoms with Crippen molar-refractivity contribution >= 4 is 29.6 Å². The molecule has 10 atom stereocenters. The standard InChI is InChI=1S/C44H76N6O8/c1-14-29(8)39(49(11)43(54)37(27(4)5)47-42(53)38(28(6)7)48(10)25-32(45)26(2)3)35(57-12)24-36(51)50-22-18-21-34(50)40(58-13)30(9)41(52)46-33(44(55)56)23-31-19-16-15-17-20-31/h15-17,19-20,26-30,32-35,37-40H,14,18,21-25,45H2,1-13H3,(H,46,52)(H,47,53)(H,55,56)/t29-,30+,32?,33-,34-,35+,37?,38-,39-,40+/m0/s1. The zero-order valence-corrected chi connectivity index (χ0v) is 37.6. The molecule has 1 aliphatic heterocycles. The Morgan fingerprint density at radius 3 is 2.02 bits per heavy atom. The van der Waals surface area contributed by atoms with Gasteiger partial charge in [0.1, 0.15) is 12.1 Å². The van der Waals surface area contributed by atoms with E-state index in [0.717, 1.165) is 5.56 Å². The van der Waals surface area contributed by atoms with Crippen LogP contribution in [0.1, 0.15) is 93.6 Å². The number of aliphatic carboxylic acids is 1. The van der Waals surface area contributed by atoms with Crippen LogP contribution in [0.25, 0.3) is 0 Å². The third kappa shape index (κ3) is 13.7. The average molecular weight is 817 g/mol. The molecule has 330 valence electrons. The number of benzene rings is 1. The Kier molecular flexibility index (Phi) is 20.8. The number of methoxy groups -OCH3 is 2. The maximum Gasteiger partial charge on any atom is 0.326 e. The summed E-state index contributed by atoms with van der Waals surface area (Å²) in [6, 6.07) is 5.60. The Morgan fingerprint density at radius 1 is 0.897 bits per heavy atom. The highest BCUT2D eigenvalue weighted by molar-refractivity contribution is 5.90. The van der Waals surface area contributed by atoms with Gasteiger partial charge in [-0.05, 0) is 49.1 Å². The van der Waals surface area contributed by atoms with E-state index >= 15 is 0 Å². The minimum absolute atomic E-state index is 0.0240. The van der Waals surface area contributed by atoms with E-state index in [1.54, 1.807) is 30.9 Å². The number of hydrogen-bond donors (Lipinski definition) is 4. The number of likely N-dealkylation sites (tertiary alicyclic amines) is 1. The Labute approximate surface area is 348 Å². The monoisotopic (exact) mass is 817 g/mol. The topological polar surface area (TPSA) is 184 Å². The van der Waals surface area contributed by atoms with Crippen LogP contribution in [0.4, 0.5) is 0 Å². The van der Waals surface area contributed by atoms with E-state index in [9.17, 15) is 29.1 Å². The summed E-state index contributed by atoms with van der Waals surface area (Å²) in [6.45, 7) is 18.6. The predicted molar refractivity (Wildman–Crippen MR) is 227 cm³/mol. The molecule has 1 aromatic rings. The second-order valence-corrected chi connectivity index (χ2v) is 17.4.